The second-order valence-electron chi connectivity index (χ2n) is 17.6. The number of β-amino-alcohol motifs (C(OH)–C–C–N with tert-alkyl or cyclic N) is 1. The van der Waals surface area contributed by atoms with E-state index < -0.39 is 23.6 Å². The number of piperidine rings is 1. The third-order valence-corrected chi connectivity index (χ3v) is 12.8. The van der Waals surface area contributed by atoms with Gasteiger partial charge in [0.05, 0.1) is 40.1 Å². The summed E-state index contributed by atoms with van der Waals surface area (Å²) in [6.45, 7) is 10.7. The van der Waals surface area contributed by atoms with E-state index in [4.69, 9.17) is 10.8 Å². The van der Waals surface area contributed by atoms with Crippen LogP contribution in [0, 0.1) is 12.3 Å². The molecule has 4 atom stereocenters. The number of benzene rings is 2. The van der Waals surface area contributed by atoms with Gasteiger partial charge in [-0.3, -0.25) is 19.1 Å². The van der Waals surface area contributed by atoms with E-state index in [1.54, 1.807) is 35.7 Å². The number of rotatable bonds is 15. The number of aromatic hydroxyl groups is 1. The van der Waals surface area contributed by atoms with Gasteiger partial charge in [-0.2, -0.15) is 5.10 Å². The second-order valence-corrected chi connectivity index (χ2v) is 18.5. The molecule has 7 rings (SSSR count). The molecule has 2 saturated heterocycles. The van der Waals surface area contributed by atoms with Crippen LogP contribution in [-0.4, -0.2) is 107 Å². The van der Waals surface area contributed by atoms with Crippen LogP contribution in [-0.2, 0) is 20.9 Å². The summed E-state index contributed by atoms with van der Waals surface area (Å²) in [5, 5.41) is 40.0. The molecule has 2 fully saturated rings. The van der Waals surface area contributed by atoms with Gasteiger partial charge in [0.2, 0.25) is 17.7 Å². The van der Waals surface area contributed by atoms with Gasteiger partial charge in [-0.05, 0) is 80.4 Å². The van der Waals surface area contributed by atoms with Crippen LogP contribution >= 0.6 is 11.3 Å². The Balaban J connectivity index is 0.863. The SMILES string of the molecule is Cc1ncsc1-c1ccc(CNC(=O)[C@@H]2C[C@@H](O)CN2C(=O)[C@@H](NC(=O)CCCCCN2CCCC(n3cc(-c4cc(-c5ccccc5O)nnc4N)cn3)C2)C(C)(C)C)cc1. The highest BCUT2D eigenvalue weighted by atomic mass is 32.1. The Morgan fingerprint density at radius 1 is 1.00 bits per heavy atom. The summed E-state index contributed by atoms with van der Waals surface area (Å²) in [6.07, 6.45) is 7.88. The molecule has 6 N–H and O–H groups in total. The number of thiazole rings is 1. The molecule has 5 aromatic rings. The Kier molecular flexibility index (Phi) is 14.0. The Hall–Kier alpha value is -5.71. The molecule has 0 bridgehead atoms. The predicted octanol–water partition coefficient (Wildman–Crippen LogP) is 5.73. The largest absolute Gasteiger partial charge is 0.507 e. The number of nitrogen functional groups attached to an aromatic ring is 1. The van der Waals surface area contributed by atoms with Gasteiger partial charge in [-0.1, -0.05) is 63.6 Å². The number of phenols is 1. The molecule has 0 aliphatic carbocycles. The van der Waals surface area contributed by atoms with E-state index in [1.807, 2.05) is 80.5 Å². The molecule has 2 aromatic carbocycles. The van der Waals surface area contributed by atoms with Gasteiger partial charge in [0.1, 0.15) is 17.8 Å². The highest BCUT2D eigenvalue weighted by Gasteiger charge is 2.44. The number of carbonyl (C=O) groups excluding carboxylic acids is 3. The number of nitrogens with zero attached hydrogens (tertiary/aromatic N) is 7. The van der Waals surface area contributed by atoms with Crippen LogP contribution in [0.5, 0.6) is 5.75 Å². The summed E-state index contributed by atoms with van der Waals surface area (Å²) >= 11 is 1.58. The van der Waals surface area contributed by atoms with Crippen molar-refractivity contribution in [2.75, 3.05) is 31.9 Å². The van der Waals surface area contributed by atoms with Crippen molar-refractivity contribution in [3.8, 4) is 38.6 Å². The minimum atomic E-state index is -0.864. The van der Waals surface area contributed by atoms with Crippen molar-refractivity contribution in [3.63, 3.8) is 0 Å². The van der Waals surface area contributed by atoms with Gasteiger partial charge in [0.15, 0.2) is 5.82 Å². The summed E-state index contributed by atoms with van der Waals surface area (Å²) in [7, 11) is 0. The molecule has 1 unspecified atom stereocenters. The minimum Gasteiger partial charge on any atom is -0.507 e. The zero-order valence-electron chi connectivity index (χ0n) is 36.0. The highest BCUT2D eigenvalue weighted by Crippen LogP contribution is 2.33. The smallest absolute Gasteiger partial charge is 0.246 e. The van der Waals surface area contributed by atoms with Gasteiger partial charge in [0, 0.05) is 55.4 Å². The van der Waals surface area contributed by atoms with Crippen molar-refractivity contribution in [1.29, 1.82) is 0 Å². The van der Waals surface area contributed by atoms with Crippen molar-refractivity contribution in [2.24, 2.45) is 5.41 Å². The molecule has 328 valence electrons. The Morgan fingerprint density at radius 3 is 2.53 bits per heavy atom. The number of amides is 3. The first-order chi connectivity index (χ1) is 29.7. The van der Waals surface area contributed by atoms with E-state index in [9.17, 15) is 24.6 Å². The first kappa shape index (κ1) is 44.3. The van der Waals surface area contributed by atoms with Gasteiger partial charge in [-0.25, -0.2) is 4.98 Å². The maximum atomic E-state index is 14.1. The van der Waals surface area contributed by atoms with E-state index in [-0.39, 0.29) is 55.4 Å². The lowest BCUT2D eigenvalue weighted by Gasteiger charge is -2.35. The summed E-state index contributed by atoms with van der Waals surface area (Å²) in [4.78, 5) is 50.2. The normalized spacial score (nSPS) is 18.7. The van der Waals surface area contributed by atoms with Gasteiger partial charge in [0.25, 0.3) is 0 Å². The van der Waals surface area contributed by atoms with Crippen molar-refractivity contribution >= 4 is 34.9 Å². The fourth-order valence-corrected chi connectivity index (χ4v) is 9.20. The molecule has 0 radical (unpaired) electrons. The number of aryl methyl sites for hydroxylation is 1. The first-order valence-electron chi connectivity index (χ1n) is 21.5. The Labute approximate surface area is 366 Å². The van der Waals surface area contributed by atoms with Gasteiger partial charge < -0.3 is 36.4 Å². The molecule has 5 heterocycles. The zero-order valence-corrected chi connectivity index (χ0v) is 36.8. The fourth-order valence-electron chi connectivity index (χ4n) is 8.39. The van der Waals surface area contributed by atoms with Crippen LogP contribution in [0.1, 0.15) is 83.0 Å². The van der Waals surface area contributed by atoms with Crippen LogP contribution in [0.2, 0.25) is 0 Å². The van der Waals surface area contributed by atoms with Crippen LogP contribution < -0.4 is 16.4 Å². The van der Waals surface area contributed by atoms with Crippen LogP contribution in [0.3, 0.4) is 0 Å². The third kappa shape index (κ3) is 10.7. The number of likely N-dealkylation sites (tertiary alicyclic amines) is 2. The molecule has 15 nitrogen and oxygen atoms in total. The molecule has 0 spiro atoms. The van der Waals surface area contributed by atoms with Crippen LogP contribution in [0.25, 0.3) is 32.8 Å². The van der Waals surface area contributed by atoms with Crippen molar-refractivity contribution in [1.82, 2.24) is 45.4 Å². The third-order valence-electron chi connectivity index (χ3n) is 11.9. The molecule has 2 aliphatic heterocycles. The minimum absolute atomic E-state index is 0.0275. The number of hydrogen-bond donors (Lipinski definition) is 5. The summed E-state index contributed by atoms with van der Waals surface area (Å²) < 4.78 is 2.00. The Morgan fingerprint density at radius 2 is 1.79 bits per heavy atom. The molecule has 16 heteroatoms. The lowest BCUT2D eigenvalue weighted by molar-refractivity contribution is -0.144. The number of aliphatic hydroxyl groups excluding tert-OH is 1. The molecule has 3 aromatic heterocycles. The summed E-state index contributed by atoms with van der Waals surface area (Å²) in [5.41, 5.74) is 13.0. The zero-order chi connectivity index (χ0) is 44.0. The number of carbonyl (C=O) groups is 3. The number of aromatic nitrogens is 5. The quantitative estimate of drug-likeness (QED) is 0.0804. The van der Waals surface area contributed by atoms with E-state index >= 15 is 0 Å². The van der Waals surface area contributed by atoms with Crippen LogP contribution in [0.15, 0.2) is 72.5 Å². The van der Waals surface area contributed by atoms with Gasteiger partial charge in [-0.15, -0.1) is 21.5 Å². The van der Waals surface area contributed by atoms with E-state index in [1.165, 1.54) is 4.90 Å². The first-order valence-corrected chi connectivity index (χ1v) is 22.4. The second kappa shape index (κ2) is 19.6. The lowest BCUT2D eigenvalue weighted by atomic mass is 9.85. The number of phenolic OH excluding ortho intramolecular Hbond substituents is 1. The molecule has 0 saturated carbocycles. The van der Waals surface area contributed by atoms with E-state index in [0.717, 1.165) is 72.6 Å². The maximum absolute atomic E-state index is 14.1. The highest BCUT2D eigenvalue weighted by molar-refractivity contribution is 7.13. The molecular formula is C46H58N10O5S. The molecule has 62 heavy (non-hydrogen) atoms. The van der Waals surface area contributed by atoms with E-state index in [0.29, 0.717) is 29.1 Å². The number of anilines is 1. The fraction of sp³-hybridized carbons (Fsp3) is 0.457. The number of unbranched alkanes of at least 4 members (excludes halogenated alkanes) is 2. The molecule has 2 aliphatic rings. The van der Waals surface area contributed by atoms with Crippen molar-refractivity contribution in [3.05, 3.63) is 83.8 Å². The number of nitrogens with two attached hydrogens (primary N) is 1. The maximum Gasteiger partial charge on any atom is 0.246 e. The number of nitrogens with one attached hydrogen (secondary N) is 2. The van der Waals surface area contributed by atoms with Crippen LogP contribution in [0.4, 0.5) is 5.82 Å². The molecule has 3 amide bonds. The average molecular weight is 863 g/mol. The molecular weight excluding hydrogens is 805 g/mol. The monoisotopic (exact) mass is 862 g/mol. The standard InChI is InChI=1S/C46H58N10O5S/c1-29-41(62-28-49-29)31-17-15-30(16-18-31)23-48-44(60)38-21-34(57)27-55(38)45(61)42(46(2,3)4)51-40(59)14-6-5-9-19-54-20-10-11-33(26-54)56-25-32(24-50-56)36-22-37(52-53-43(36)47)35-12-7-8-13-39(35)58/h7-8,12-13,15-18,22,24-25,28,33-34,38,42,57-58H,5-6,9-11,14,19-21,23,26-27H2,1-4H3,(H2,47,53)(H,48,60)(H,51,59)/t33?,34-,38+,42-/m1/s1. The lowest BCUT2D eigenvalue weighted by Crippen LogP contribution is -2.57. The number of hydrogen-bond acceptors (Lipinski definition) is 12. The average Bonchev–Trinajstić information content (AvgIpc) is 4.02. The number of para-hydroxylation sites is 1. The van der Waals surface area contributed by atoms with E-state index in [2.05, 4.69) is 30.7 Å². The van der Waals surface area contributed by atoms with Gasteiger partial charge >= 0.3 is 0 Å². The van der Waals surface area contributed by atoms with Crippen molar-refractivity contribution in [2.45, 2.75) is 103 Å². The number of aliphatic hydroxyl groups is 1. The predicted molar refractivity (Wildman–Crippen MR) is 240 cm³/mol. The topological polar surface area (TPSA) is 205 Å². The summed E-state index contributed by atoms with van der Waals surface area (Å²) in [5.74, 6) is -0.497. The summed E-state index contributed by atoms with van der Waals surface area (Å²) in [6, 6.07) is 15.2. The Bertz CT molecular complexity index is 2340. The van der Waals surface area contributed by atoms with Crippen molar-refractivity contribution < 1.29 is 24.6 Å².